The van der Waals surface area contributed by atoms with Gasteiger partial charge in [0.05, 0.1) is 7.11 Å². The monoisotopic (exact) mass is 244 g/mol. The summed E-state index contributed by atoms with van der Waals surface area (Å²) < 4.78 is 5.14. The average molecular weight is 245 g/mol. The maximum absolute atomic E-state index is 11.6. The lowest BCUT2D eigenvalue weighted by atomic mass is 10.1. The average Bonchev–Trinajstić information content (AvgIpc) is 2.26. The van der Waals surface area contributed by atoms with E-state index in [1.807, 2.05) is 13.0 Å². The molecule has 0 saturated carbocycles. The number of aryl methyl sites for hydroxylation is 1. The summed E-state index contributed by atoms with van der Waals surface area (Å²) in [7, 11) is 1.59. The van der Waals surface area contributed by atoms with Crippen LogP contribution in [0, 0.1) is 6.92 Å². The molecule has 0 aromatic heterocycles. The molecule has 1 amide bonds. The van der Waals surface area contributed by atoms with Crippen molar-refractivity contribution < 1.29 is 9.53 Å². The quantitative estimate of drug-likeness (QED) is 0.834. The minimum Gasteiger partial charge on any atom is -0.496 e. The number of methoxy groups -OCH3 is 1. The largest absolute Gasteiger partial charge is 0.496 e. The molecule has 0 fully saturated rings. The molecule has 16 heavy (non-hydrogen) atoms. The van der Waals surface area contributed by atoms with Crippen molar-refractivity contribution in [1.82, 2.24) is 5.32 Å². The number of amides is 1. The molecule has 0 bridgehead atoms. The first-order valence-corrected chi connectivity index (χ1v) is 4.82. The zero-order valence-corrected chi connectivity index (χ0v) is 10.3. The third kappa shape index (κ3) is 3.72. The second-order valence-corrected chi connectivity index (χ2v) is 3.23. The highest BCUT2D eigenvalue weighted by molar-refractivity contribution is 5.94. The van der Waals surface area contributed by atoms with Crippen LogP contribution in [0.5, 0.6) is 5.75 Å². The van der Waals surface area contributed by atoms with E-state index >= 15 is 0 Å². The Labute approximate surface area is 102 Å². The summed E-state index contributed by atoms with van der Waals surface area (Å²) >= 11 is 0. The molecule has 0 saturated heterocycles. The van der Waals surface area contributed by atoms with E-state index in [-0.39, 0.29) is 18.3 Å². The highest BCUT2D eigenvalue weighted by Gasteiger charge is 2.07. The maximum atomic E-state index is 11.6. The Morgan fingerprint density at radius 1 is 1.50 bits per heavy atom. The molecular formula is C11H17ClN2O2. The Morgan fingerprint density at radius 2 is 2.19 bits per heavy atom. The van der Waals surface area contributed by atoms with Crippen molar-refractivity contribution in [1.29, 1.82) is 0 Å². The molecule has 3 N–H and O–H groups in total. The fourth-order valence-electron chi connectivity index (χ4n) is 1.25. The molecule has 0 aliphatic heterocycles. The van der Waals surface area contributed by atoms with Gasteiger partial charge >= 0.3 is 0 Å². The van der Waals surface area contributed by atoms with Crippen molar-refractivity contribution >= 4 is 18.3 Å². The first-order valence-electron chi connectivity index (χ1n) is 4.82. The Bertz CT molecular complexity index is 356. The predicted octanol–water partition coefficient (Wildman–Crippen LogP) is 1.11. The number of benzene rings is 1. The highest BCUT2D eigenvalue weighted by Crippen LogP contribution is 2.18. The molecule has 0 unspecified atom stereocenters. The predicted molar refractivity (Wildman–Crippen MR) is 66.4 cm³/mol. The van der Waals surface area contributed by atoms with Crippen LogP contribution in [0.15, 0.2) is 18.2 Å². The van der Waals surface area contributed by atoms with E-state index in [1.54, 1.807) is 19.2 Å². The van der Waals surface area contributed by atoms with Crippen molar-refractivity contribution in [2.24, 2.45) is 5.73 Å². The van der Waals surface area contributed by atoms with Crippen LogP contribution in [0.2, 0.25) is 0 Å². The lowest BCUT2D eigenvalue weighted by Crippen LogP contribution is -2.28. The normalized spacial score (nSPS) is 9.19. The van der Waals surface area contributed by atoms with E-state index < -0.39 is 0 Å². The molecule has 0 spiro atoms. The lowest BCUT2D eigenvalue weighted by molar-refractivity contribution is 0.0954. The van der Waals surface area contributed by atoms with Crippen molar-refractivity contribution in [2.75, 3.05) is 20.2 Å². The third-order valence-corrected chi connectivity index (χ3v) is 2.10. The van der Waals surface area contributed by atoms with Gasteiger partial charge in [0.25, 0.3) is 5.91 Å². The number of ether oxygens (including phenoxy) is 1. The molecule has 0 atom stereocenters. The number of carbonyl (C=O) groups excluding carboxylic acids is 1. The number of carbonyl (C=O) groups is 1. The van der Waals surface area contributed by atoms with Crippen LogP contribution in [0.1, 0.15) is 15.9 Å². The minimum absolute atomic E-state index is 0. The van der Waals surface area contributed by atoms with Gasteiger partial charge in [-0.15, -0.1) is 12.4 Å². The molecule has 0 aliphatic rings. The van der Waals surface area contributed by atoms with E-state index in [4.69, 9.17) is 10.5 Å². The smallest absolute Gasteiger partial charge is 0.251 e. The first kappa shape index (κ1) is 14.7. The van der Waals surface area contributed by atoms with Crippen LogP contribution < -0.4 is 15.8 Å². The number of hydrogen-bond donors (Lipinski definition) is 2. The topological polar surface area (TPSA) is 64.3 Å². The van der Waals surface area contributed by atoms with Crippen molar-refractivity contribution in [3.8, 4) is 5.75 Å². The summed E-state index contributed by atoms with van der Waals surface area (Å²) in [5.74, 6) is 0.592. The van der Waals surface area contributed by atoms with Gasteiger partial charge in [-0.1, -0.05) is 6.07 Å². The van der Waals surface area contributed by atoms with Crippen LogP contribution in [-0.2, 0) is 0 Å². The van der Waals surface area contributed by atoms with E-state index in [0.717, 1.165) is 11.3 Å². The van der Waals surface area contributed by atoms with Gasteiger partial charge in [0, 0.05) is 18.7 Å². The summed E-state index contributed by atoms with van der Waals surface area (Å²) in [5, 5.41) is 2.70. The molecule has 90 valence electrons. The summed E-state index contributed by atoms with van der Waals surface area (Å²) in [4.78, 5) is 11.6. The number of nitrogens with two attached hydrogens (primary N) is 1. The molecule has 1 aromatic rings. The van der Waals surface area contributed by atoms with Gasteiger partial charge in [-0.2, -0.15) is 0 Å². The number of rotatable bonds is 4. The van der Waals surface area contributed by atoms with Gasteiger partial charge in [0.15, 0.2) is 0 Å². The molecule has 4 nitrogen and oxygen atoms in total. The zero-order valence-electron chi connectivity index (χ0n) is 9.45. The number of halogens is 1. The summed E-state index contributed by atoms with van der Waals surface area (Å²) in [5.41, 5.74) is 6.89. The van der Waals surface area contributed by atoms with E-state index in [1.165, 1.54) is 0 Å². The first-order chi connectivity index (χ1) is 7.19. The summed E-state index contributed by atoms with van der Waals surface area (Å²) in [6.07, 6.45) is 0. The Hall–Kier alpha value is -1.26. The van der Waals surface area contributed by atoms with Gasteiger partial charge in [0.2, 0.25) is 0 Å². The van der Waals surface area contributed by atoms with Crippen molar-refractivity contribution in [3.63, 3.8) is 0 Å². The van der Waals surface area contributed by atoms with Crippen LogP contribution in [0.4, 0.5) is 0 Å². The lowest BCUT2D eigenvalue weighted by Gasteiger charge is -2.07. The van der Waals surface area contributed by atoms with Crippen LogP contribution in [-0.4, -0.2) is 26.1 Å². The molecular weight excluding hydrogens is 228 g/mol. The maximum Gasteiger partial charge on any atom is 0.251 e. The van der Waals surface area contributed by atoms with Gasteiger partial charge in [-0.25, -0.2) is 0 Å². The molecule has 5 heteroatoms. The molecule has 0 radical (unpaired) electrons. The van der Waals surface area contributed by atoms with E-state index in [9.17, 15) is 4.79 Å². The Balaban J connectivity index is 0.00000225. The third-order valence-electron chi connectivity index (χ3n) is 2.10. The van der Waals surface area contributed by atoms with Crippen LogP contribution >= 0.6 is 12.4 Å². The highest BCUT2D eigenvalue weighted by atomic mass is 35.5. The van der Waals surface area contributed by atoms with E-state index in [0.29, 0.717) is 18.7 Å². The fourth-order valence-corrected chi connectivity index (χ4v) is 1.25. The summed E-state index contributed by atoms with van der Waals surface area (Å²) in [6.45, 7) is 2.85. The molecule has 0 aliphatic carbocycles. The second-order valence-electron chi connectivity index (χ2n) is 3.23. The molecule has 0 heterocycles. The Morgan fingerprint density at radius 3 is 2.75 bits per heavy atom. The number of nitrogens with one attached hydrogen (secondary N) is 1. The van der Waals surface area contributed by atoms with Crippen molar-refractivity contribution in [2.45, 2.75) is 6.92 Å². The van der Waals surface area contributed by atoms with Gasteiger partial charge < -0.3 is 15.8 Å². The number of hydrogen-bond acceptors (Lipinski definition) is 3. The van der Waals surface area contributed by atoms with Gasteiger partial charge in [-0.05, 0) is 24.6 Å². The van der Waals surface area contributed by atoms with Crippen molar-refractivity contribution in [3.05, 3.63) is 29.3 Å². The summed E-state index contributed by atoms with van der Waals surface area (Å²) in [6, 6.07) is 5.35. The fraction of sp³-hybridized carbons (Fsp3) is 0.364. The molecule has 1 aromatic carbocycles. The molecule has 1 rings (SSSR count). The van der Waals surface area contributed by atoms with Gasteiger partial charge in [0.1, 0.15) is 5.75 Å². The SMILES string of the molecule is COc1cc(C(=O)NCCN)ccc1C.Cl. The second kappa shape index (κ2) is 7.09. The van der Waals surface area contributed by atoms with Crippen LogP contribution in [0.3, 0.4) is 0 Å². The van der Waals surface area contributed by atoms with Crippen LogP contribution in [0.25, 0.3) is 0 Å². The minimum atomic E-state index is -0.126. The standard InChI is InChI=1S/C11H16N2O2.ClH/c1-8-3-4-9(7-10(8)15-2)11(14)13-6-5-12;/h3-4,7H,5-6,12H2,1-2H3,(H,13,14);1H. The van der Waals surface area contributed by atoms with Gasteiger partial charge in [-0.3, -0.25) is 4.79 Å². The Kier molecular flexibility index (Phi) is 6.53. The zero-order chi connectivity index (χ0) is 11.3. The van der Waals surface area contributed by atoms with E-state index in [2.05, 4.69) is 5.32 Å².